The van der Waals surface area contributed by atoms with Gasteiger partial charge < -0.3 is 0 Å². The van der Waals surface area contributed by atoms with Gasteiger partial charge in [-0.1, -0.05) is 182 Å². The van der Waals surface area contributed by atoms with Gasteiger partial charge in [-0.2, -0.15) is 0 Å². The van der Waals surface area contributed by atoms with E-state index >= 15 is 0 Å². The molecule has 0 fully saturated rings. The third-order valence-corrected chi connectivity index (χ3v) is 10.2. The second-order valence-electron chi connectivity index (χ2n) is 13.0. The quantitative estimate of drug-likeness (QED) is 0.148. The highest BCUT2D eigenvalue weighted by Gasteiger charge is 2.14. The monoisotopic (exact) mass is 723 g/mol. The van der Waals surface area contributed by atoms with Crippen molar-refractivity contribution in [2.45, 2.75) is 9.79 Å². The van der Waals surface area contributed by atoms with Crippen LogP contribution in [0.1, 0.15) is 0 Å². The lowest BCUT2D eigenvalue weighted by Gasteiger charge is -2.11. The molecule has 55 heavy (non-hydrogen) atoms. The fourth-order valence-corrected chi connectivity index (χ4v) is 7.35. The number of aromatic nitrogens is 5. The van der Waals surface area contributed by atoms with E-state index in [0.29, 0.717) is 23.3 Å². The molecule has 0 saturated heterocycles. The summed E-state index contributed by atoms with van der Waals surface area (Å²) in [6.07, 6.45) is 0. The fourth-order valence-electron chi connectivity index (χ4n) is 6.41. The minimum Gasteiger partial charge on any atom is -0.228 e. The van der Waals surface area contributed by atoms with Gasteiger partial charge in [0.05, 0.1) is 11.4 Å². The topological polar surface area (TPSA) is 64.5 Å². The zero-order valence-corrected chi connectivity index (χ0v) is 30.5. The van der Waals surface area contributed by atoms with E-state index in [1.807, 2.05) is 84.9 Å². The molecule has 0 aliphatic heterocycles. The van der Waals surface area contributed by atoms with E-state index in [1.165, 1.54) is 11.1 Å². The summed E-state index contributed by atoms with van der Waals surface area (Å²) in [6.45, 7) is 0. The van der Waals surface area contributed by atoms with Crippen LogP contribution in [0.3, 0.4) is 0 Å². The van der Waals surface area contributed by atoms with Crippen molar-refractivity contribution in [1.29, 1.82) is 0 Å². The smallest absolute Gasteiger partial charge is 0.164 e. The molecule has 0 saturated carbocycles. The molecule has 0 atom stereocenters. The van der Waals surface area contributed by atoms with Gasteiger partial charge >= 0.3 is 0 Å². The molecule has 0 unspecified atom stereocenters. The van der Waals surface area contributed by atoms with E-state index in [1.54, 1.807) is 11.8 Å². The van der Waals surface area contributed by atoms with Gasteiger partial charge in [0.2, 0.25) is 0 Å². The summed E-state index contributed by atoms with van der Waals surface area (Å²) in [7, 11) is 0. The van der Waals surface area contributed by atoms with E-state index < -0.39 is 0 Å². The molecule has 6 heteroatoms. The van der Waals surface area contributed by atoms with Crippen molar-refractivity contribution in [3.8, 4) is 79.2 Å². The molecule has 0 radical (unpaired) electrons. The average Bonchev–Trinajstić information content (AvgIpc) is 3.27. The summed E-state index contributed by atoms with van der Waals surface area (Å²) in [4.78, 5) is 27.0. The van der Waals surface area contributed by atoms with Crippen LogP contribution < -0.4 is 0 Å². The van der Waals surface area contributed by atoms with E-state index in [0.717, 1.165) is 54.6 Å². The Morgan fingerprint density at radius 1 is 0.236 bits per heavy atom. The molecule has 0 N–H and O–H groups in total. The summed E-state index contributed by atoms with van der Waals surface area (Å²) in [5, 5.41) is 0. The largest absolute Gasteiger partial charge is 0.228 e. The van der Waals surface area contributed by atoms with Gasteiger partial charge in [0.25, 0.3) is 0 Å². The Hall–Kier alpha value is -7.02. The lowest BCUT2D eigenvalue weighted by molar-refractivity contribution is 1.07. The standard InChI is InChI=1S/C49H33N5S/c1-5-15-34(16-6-1)35-27-29-36(30-28-35)44-33-45(51-46(50-44)37-17-7-2-8-18-37)40-23-13-25-42(31-40)55-43-26-14-24-41(32-43)49-53-47(38-19-9-3-10-20-38)52-48(54-49)39-21-11-4-12-22-39/h1-33H. The zero-order valence-electron chi connectivity index (χ0n) is 29.7. The molecule has 9 aromatic rings. The molecule has 2 heterocycles. The summed E-state index contributed by atoms with van der Waals surface area (Å²) >= 11 is 1.69. The van der Waals surface area contributed by atoms with Crippen molar-refractivity contribution >= 4 is 11.8 Å². The van der Waals surface area contributed by atoms with Gasteiger partial charge in [0, 0.05) is 43.2 Å². The summed E-state index contributed by atoms with van der Waals surface area (Å²) in [5.41, 5.74) is 9.91. The van der Waals surface area contributed by atoms with Crippen molar-refractivity contribution < 1.29 is 0 Å². The van der Waals surface area contributed by atoms with Crippen LogP contribution in [0.4, 0.5) is 0 Å². The van der Waals surface area contributed by atoms with Crippen LogP contribution in [0.15, 0.2) is 210 Å². The van der Waals surface area contributed by atoms with Crippen molar-refractivity contribution in [3.63, 3.8) is 0 Å². The molecule has 5 nitrogen and oxygen atoms in total. The van der Waals surface area contributed by atoms with Gasteiger partial charge in [-0.3, -0.25) is 0 Å². The fraction of sp³-hybridized carbons (Fsp3) is 0. The maximum absolute atomic E-state index is 5.09. The third-order valence-electron chi connectivity index (χ3n) is 9.20. The van der Waals surface area contributed by atoms with Gasteiger partial charge in [0.1, 0.15) is 0 Å². The maximum atomic E-state index is 5.09. The average molecular weight is 724 g/mol. The zero-order chi connectivity index (χ0) is 36.8. The van der Waals surface area contributed by atoms with Gasteiger partial charge in [0.15, 0.2) is 23.3 Å². The van der Waals surface area contributed by atoms with Crippen LogP contribution in [-0.2, 0) is 0 Å². The molecule has 0 bridgehead atoms. The Morgan fingerprint density at radius 2 is 0.582 bits per heavy atom. The number of nitrogens with zero attached hydrogens (tertiary/aromatic N) is 5. The van der Waals surface area contributed by atoms with Crippen LogP contribution in [0.25, 0.3) is 79.2 Å². The summed E-state index contributed by atoms with van der Waals surface area (Å²) < 4.78 is 0. The second kappa shape index (κ2) is 15.5. The maximum Gasteiger partial charge on any atom is 0.164 e. The molecular weight excluding hydrogens is 691 g/mol. The first-order valence-corrected chi connectivity index (χ1v) is 18.9. The van der Waals surface area contributed by atoms with Gasteiger partial charge in [-0.05, 0) is 41.5 Å². The Labute approximate surface area is 324 Å². The second-order valence-corrected chi connectivity index (χ2v) is 14.1. The van der Waals surface area contributed by atoms with Gasteiger partial charge in [-0.15, -0.1) is 0 Å². The SMILES string of the molecule is c1ccc(-c2ccc(-c3cc(-c4cccc(Sc5cccc(-c6nc(-c7ccccc7)nc(-c7ccccc7)n6)c5)c4)nc(-c4ccccc4)n3)cc2)cc1. The normalized spacial score (nSPS) is 11.0. The first-order chi connectivity index (χ1) is 27.2. The third kappa shape index (κ3) is 7.72. The van der Waals surface area contributed by atoms with E-state index in [2.05, 4.69) is 115 Å². The Morgan fingerprint density at radius 3 is 1.09 bits per heavy atom. The number of hydrogen-bond acceptors (Lipinski definition) is 6. The number of hydrogen-bond donors (Lipinski definition) is 0. The molecule has 0 aliphatic carbocycles. The molecule has 260 valence electrons. The van der Waals surface area contributed by atoms with E-state index in [9.17, 15) is 0 Å². The molecule has 7 aromatic carbocycles. The first kappa shape index (κ1) is 33.8. The summed E-state index contributed by atoms with van der Waals surface area (Å²) in [6, 6.07) is 68.3. The van der Waals surface area contributed by atoms with Crippen molar-refractivity contribution in [2.75, 3.05) is 0 Å². The minimum absolute atomic E-state index is 0.627. The first-order valence-electron chi connectivity index (χ1n) is 18.1. The molecule has 0 aliphatic rings. The number of benzene rings is 7. The predicted molar refractivity (Wildman–Crippen MR) is 224 cm³/mol. The lowest BCUT2D eigenvalue weighted by atomic mass is 10.0. The number of rotatable bonds is 9. The van der Waals surface area contributed by atoms with E-state index in [4.69, 9.17) is 24.9 Å². The highest BCUT2D eigenvalue weighted by atomic mass is 32.2. The lowest BCUT2D eigenvalue weighted by Crippen LogP contribution is -2.00. The van der Waals surface area contributed by atoms with Crippen molar-refractivity contribution in [2.24, 2.45) is 0 Å². The van der Waals surface area contributed by atoms with Crippen LogP contribution >= 0.6 is 11.8 Å². The Balaban J connectivity index is 1.05. The van der Waals surface area contributed by atoms with Crippen LogP contribution in [0.2, 0.25) is 0 Å². The van der Waals surface area contributed by atoms with E-state index in [-0.39, 0.29) is 0 Å². The summed E-state index contributed by atoms with van der Waals surface area (Å²) in [5.74, 6) is 2.60. The van der Waals surface area contributed by atoms with Crippen LogP contribution in [0.5, 0.6) is 0 Å². The molecule has 2 aromatic heterocycles. The Bertz CT molecular complexity index is 2650. The molecule has 0 spiro atoms. The van der Waals surface area contributed by atoms with Gasteiger partial charge in [-0.25, -0.2) is 24.9 Å². The van der Waals surface area contributed by atoms with Crippen LogP contribution in [-0.4, -0.2) is 24.9 Å². The predicted octanol–water partition coefficient (Wildman–Crippen LogP) is 12.5. The Kier molecular flexibility index (Phi) is 9.54. The minimum atomic E-state index is 0.627. The highest BCUT2D eigenvalue weighted by molar-refractivity contribution is 7.99. The molecule has 9 rings (SSSR count). The molecule has 0 amide bonds. The van der Waals surface area contributed by atoms with Crippen molar-refractivity contribution in [3.05, 3.63) is 200 Å². The van der Waals surface area contributed by atoms with Crippen molar-refractivity contribution in [1.82, 2.24) is 24.9 Å². The molecular formula is C49H33N5S. The highest BCUT2D eigenvalue weighted by Crippen LogP contribution is 2.35. The van der Waals surface area contributed by atoms with Crippen LogP contribution in [0, 0.1) is 0 Å².